The summed E-state index contributed by atoms with van der Waals surface area (Å²) in [6, 6.07) is 0.531. The maximum absolute atomic E-state index is 4.89. The van der Waals surface area contributed by atoms with Crippen LogP contribution in [0.25, 0.3) is 0 Å². The molecule has 0 bridgehead atoms. The van der Waals surface area contributed by atoms with Crippen LogP contribution in [0.5, 0.6) is 0 Å². The molecule has 0 spiro atoms. The Bertz CT molecular complexity index is 172. The fourth-order valence-electron chi connectivity index (χ4n) is 0.873. The van der Waals surface area contributed by atoms with E-state index in [1.54, 1.807) is 7.11 Å². The van der Waals surface area contributed by atoms with Crippen LogP contribution in [0.1, 0.15) is 19.8 Å². The lowest BCUT2D eigenvalue weighted by molar-refractivity contribution is 0.393. The molecule has 3 heteroatoms. The fraction of sp³-hybridized carbons (Fsp3) is 0.714. The molecule has 3 nitrogen and oxygen atoms in total. The molecule has 10 heavy (non-hydrogen) atoms. The summed E-state index contributed by atoms with van der Waals surface area (Å²) in [5, 5.41) is 0. The molecule has 1 rings (SSSR count). The largest absolute Gasteiger partial charge is 0.467 e. The van der Waals surface area contributed by atoms with Gasteiger partial charge in [-0.3, -0.25) is 0 Å². The van der Waals surface area contributed by atoms with Crippen molar-refractivity contribution in [3.05, 3.63) is 0 Å². The first-order valence-electron chi connectivity index (χ1n) is 3.51. The molecule has 0 aliphatic carbocycles. The van der Waals surface area contributed by atoms with Gasteiger partial charge < -0.3 is 4.74 Å². The van der Waals surface area contributed by atoms with E-state index in [0.29, 0.717) is 6.02 Å². The molecule has 1 aliphatic rings. The molecule has 0 radical (unpaired) electrons. The van der Waals surface area contributed by atoms with E-state index in [1.807, 2.05) is 0 Å². The van der Waals surface area contributed by atoms with Gasteiger partial charge in [0.15, 0.2) is 0 Å². The van der Waals surface area contributed by atoms with Gasteiger partial charge >= 0.3 is 6.02 Å². The molecule has 56 valence electrons. The highest BCUT2D eigenvalue weighted by molar-refractivity contribution is 5.96. The van der Waals surface area contributed by atoms with Crippen molar-refractivity contribution in [2.75, 3.05) is 13.7 Å². The SMILES string of the molecule is CCC1=NC(OC)=NCC1. The summed E-state index contributed by atoms with van der Waals surface area (Å²) in [6.45, 7) is 2.92. The first-order chi connectivity index (χ1) is 4.86. The highest BCUT2D eigenvalue weighted by Gasteiger charge is 2.05. The van der Waals surface area contributed by atoms with E-state index in [0.717, 1.165) is 19.4 Å². The van der Waals surface area contributed by atoms with Crippen LogP contribution in [0.3, 0.4) is 0 Å². The van der Waals surface area contributed by atoms with Gasteiger partial charge in [0, 0.05) is 18.7 Å². The highest BCUT2D eigenvalue weighted by Crippen LogP contribution is 2.01. The monoisotopic (exact) mass is 140 g/mol. The van der Waals surface area contributed by atoms with Gasteiger partial charge in [0.1, 0.15) is 0 Å². The van der Waals surface area contributed by atoms with Gasteiger partial charge in [0.25, 0.3) is 0 Å². The second-order valence-corrected chi connectivity index (χ2v) is 2.15. The van der Waals surface area contributed by atoms with Gasteiger partial charge in [0.2, 0.25) is 0 Å². The fourth-order valence-corrected chi connectivity index (χ4v) is 0.873. The molecule has 0 unspecified atom stereocenters. The quantitative estimate of drug-likeness (QED) is 0.539. The number of aliphatic imine (C=N–C) groups is 2. The Labute approximate surface area is 60.8 Å². The minimum atomic E-state index is 0.531. The van der Waals surface area contributed by atoms with Crippen molar-refractivity contribution < 1.29 is 4.74 Å². The topological polar surface area (TPSA) is 34.0 Å². The lowest BCUT2D eigenvalue weighted by Crippen LogP contribution is -2.12. The number of hydrogen-bond donors (Lipinski definition) is 0. The zero-order valence-corrected chi connectivity index (χ0v) is 6.42. The van der Waals surface area contributed by atoms with Crippen LogP contribution in [0.2, 0.25) is 0 Å². The van der Waals surface area contributed by atoms with Crippen molar-refractivity contribution in [3.63, 3.8) is 0 Å². The summed E-state index contributed by atoms with van der Waals surface area (Å²) in [5.74, 6) is 0. The van der Waals surface area contributed by atoms with Crippen molar-refractivity contribution in [1.82, 2.24) is 0 Å². The van der Waals surface area contributed by atoms with Crippen LogP contribution >= 0.6 is 0 Å². The average Bonchev–Trinajstić information content (AvgIpc) is 2.05. The molecule has 0 aromatic rings. The summed E-state index contributed by atoms with van der Waals surface area (Å²) in [4.78, 5) is 8.22. The van der Waals surface area contributed by atoms with Crippen LogP contribution < -0.4 is 0 Å². The minimum Gasteiger partial charge on any atom is -0.467 e. The molecule has 0 aromatic heterocycles. The molecule has 0 fully saturated rings. The third-order valence-electron chi connectivity index (χ3n) is 1.49. The number of methoxy groups -OCH3 is 1. The molecule has 0 atom stereocenters. The molecular weight excluding hydrogens is 128 g/mol. The first kappa shape index (κ1) is 7.25. The third kappa shape index (κ3) is 1.56. The predicted octanol–water partition coefficient (Wildman–Crippen LogP) is 1.24. The average molecular weight is 140 g/mol. The number of rotatable bonds is 1. The maximum Gasteiger partial charge on any atom is 0.311 e. The first-order valence-corrected chi connectivity index (χ1v) is 3.51. The Morgan fingerprint density at radius 3 is 3.00 bits per heavy atom. The van der Waals surface area contributed by atoms with Gasteiger partial charge in [-0.15, -0.1) is 0 Å². The van der Waals surface area contributed by atoms with Gasteiger partial charge in [-0.25, -0.2) is 9.98 Å². The third-order valence-corrected chi connectivity index (χ3v) is 1.49. The van der Waals surface area contributed by atoms with Crippen molar-refractivity contribution in [2.45, 2.75) is 19.8 Å². The van der Waals surface area contributed by atoms with E-state index in [2.05, 4.69) is 16.9 Å². The van der Waals surface area contributed by atoms with Crippen LogP contribution in [0, 0.1) is 0 Å². The van der Waals surface area contributed by atoms with Crippen molar-refractivity contribution in [1.29, 1.82) is 0 Å². The lowest BCUT2D eigenvalue weighted by Gasteiger charge is -2.08. The molecule has 0 aromatic carbocycles. The van der Waals surface area contributed by atoms with E-state index in [9.17, 15) is 0 Å². The second kappa shape index (κ2) is 3.34. The molecule has 1 aliphatic heterocycles. The van der Waals surface area contributed by atoms with Gasteiger partial charge in [0.05, 0.1) is 7.11 Å². The molecule has 0 saturated heterocycles. The maximum atomic E-state index is 4.89. The molecule has 0 amide bonds. The smallest absolute Gasteiger partial charge is 0.311 e. The second-order valence-electron chi connectivity index (χ2n) is 2.15. The normalized spacial score (nSPS) is 17.8. The number of nitrogens with zero attached hydrogens (tertiary/aromatic N) is 2. The zero-order chi connectivity index (χ0) is 7.40. The van der Waals surface area contributed by atoms with Gasteiger partial charge in [-0.1, -0.05) is 6.92 Å². The number of ether oxygens (including phenoxy) is 1. The Kier molecular flexibility index (Phi) is 2.42. The molecular formula is C7H12N2O. The Balaban J connectivity index is 2.61. The molecule has 1 heterocycles. The van der Waals surface area contributed by atoms with Crippen LogP contribution in [-0.4, -0.2) is 25.4 Å². The predicted molar refractivity (Wildman–Crippen MR) is 41.7 cm³/mol. The Morgan fingerprint density at radius 1 is 1.60 bits per heavy atom. The van der Waals surface area contributed by atoms with Gasteiger partial charge in [-0.05, 0) is 6.42 Å². The highest BCUT2D eigenvalue weighted by atomic mass is 16.5. The summed E-state index contributed by atoms with van der Waals surface area (Å²) < 4.78 is 4.89. The van der Waals surface area contributed by atoms with Gasteiger partial charge in [-0.2, -0.15) is 0 Å². The van der Waals surface area contributed by atoms with Crippen molar-refractivity contribution in [2.24, 2.45) is 9.98 Å². The number of amidine groups is 1. The van der Waals surface area contributed by atoms with E-state index >= 15 is 0 Å². The Hall–Kier alpha value is -0.860. The van der Waals surface area contributed by atoms with E-state index in [-0.39, 0.29) is 0 Å². The Morgan fingerprint density at radius 2 is 2.40 bits per heavy atom. The van der Waals surface area contributed by atoms with E-state index in [4.69, 9.17) is 4.74 Å². The number of hydrogen-bond acceptors (Lipinski definition) is 3. The van der Waals surface area contributed by atoms with Crippen molar-refractivity contribution in [3.8, 4) is 0 Å². The van der Waals surface area contributed by atoms with Crippen LogP contribution in [-0.2, 0) is 4.74 Å². The summed E-state index contributed by atoms with van der Waals surface area (Å²) in [5.41, 5.74) is 1.19. The van der Waals surface area contributed by atoms with Crippen LogP contribution in [0.4, 0.5) is 0 Å². The lowest BCUT2D eigenvalue weighted by atomic mass is 10.2. The standard InChI is InChI=1S/C7H12N2O/c1-3-6-4-5-8-7(9-6)10-2/h3-5H2,1-2H3. The van der Waals surface area contributed by atoms with E-state index < -0.39 is 0 Å². The van der Waals surface area contributed by atoms with Crippen molar-refractivity contribution >= 4 is 11.7 Å². The van der Waals surface area contributed by atoms with E-state index in [1.165, 1.54) is 5.71 Å². The molecule has 0 N–H and O–H groups in total. The zero-order valence-electron chi connectivity index (χ0n) is 6.42. The molecule has 0 saturated carbocycles. The summed E-state index contributed by atoms with van der Waals surface area (Å²) in [7, 11) is 1.60. The summed E-state index contributed by atoms with van der Waals surface area (Å²) >= 11 is 0. The minimum absolute atomic E-state index is 0.531. The van der Waals surface area contributed by atoms with Crippen LogP contribution in [0.15, 0.2) is 9.98 Å². The summed E-state index contributed by atoms with van der Waals surface area (Å²) in [6.07, 6.45) is 1.99.